The molecule has 258 valence electrons. The maximum Gasteiger partial charge on any atom is 0.471 e. The van der Waals surface area contributed by atoms with Crippen molar-refractivity contribution in [1.82, 2.24) is 14.9 Å². The summed E-state index contributed by atoms with van der Waals surface area (Å²) in [5, 5.41) is 25.5. The molecule has 49 heavy (non-hydrogen) atoms. The van der Waals surface area contributed by atoms with E-state index < -0.39 is 71.4 Å². The maximum absolute atomic E-state index is 13.0. The highest BCUT2D eigenvalue weighted by Crippen LogP contribution is 2.47. The molecule has 3 aromatic carbocycles. The van der Waals surface area contributed by atoms with Gasteiger partial charge >= 0.3 is 17.8 Å². The van der Waals surface area contributed by atoms with Crippen LogP contribution in [0.3, 0.4) is 0 Å². The summed E-state index contributed by atoms with van der Waals surface area (Å²) in [6.45, 7) is -0.721. The van der Waals surface area contributed by atoms with Crippen LogP contribution in [-0.4, -0.2) is 70.9 Å². The van der Waals surface area contributed by atoms with Crippen LogP contribution in [-0.2, 0) is 14.9 Å². The molecule has 4 atom stereocenters. The predicted octanol–water partition coefficient (Wildman–Crippen LogP) is 3.29. The number of aliphatic hydroxyl groups is 2. The topological polar surface area (TPSA) is 152 Å². The van der Waals surface area contributed by atoms with Gasteiger partial charge in [-0.1, -0.05) is 66.7 Å². The van der Waals surface area contributed by atoms with Crippen molar-refractivity contribution < 1.29 is 43.8 Å². The third-order valence-corrected chi connectivity index (χ3v) is 8.37. The Hall–Kier alpha value is -5.18. The molecule has 0 spiro atoms. The van der Waals surface area contributed by atoms with Crippen LogP contribution in [0.2, 0.25) is 0 Å². The number of rotatable bonds is 11. The molecular weight excluding hydrogens is 647 g/mol. The molecule has 1 saturated heterocycles. The van der Waals surface area contributed by atoms with Crippen LogP contribution < -0.4 is 26.0 Å². The Morgan fingerprint density at radius 3 is 2.10 bits per heavy atom. The van der Waals surface area contributed by atoms with Gasteiger partial charge < -0.3 is 29.7 Å². The number of H-pyrrole nitrogens is 1. The first-order valence-electron chi connectivity index (χ1n) is 15.5. The minimum Gasteiger partial charge on any atom is -0.497 e. The summed E-state index contributed by atoms with van der Waals surface area (Å²) in [7, 11) is 3.05. The number of methoxy groups -OCH3 is 2. The average molecular weight is 684 g/mol. The number of amides is 1. The Kier molecular flexibility index (Phi) is 9.99. The van der Waals surface area contributed by atoms with Crippen LogP contribution in [0.4, 0.5) is 13.2 Å². The van der Waals surface area contributed by atoms with E-state index in [9.17, 15) is 37.8 Å². The second kappa shape index (κ2) is 14.5. The lowest BCUT2D eigenvalue weighted by Gasteiger charge is -2.43. The SMILES string of the molecule is [3H]C(=CCNC(=O)C(F)(F)F)c1cn([C@H]2C[C@H](O)[C@@H](C(O)C(c3ccccc3)(c3ccc(OC)cc3)c3ccc(OC)cc3)O2)c(=O)[nH]c1=O. The smallest absolute Gasteiger partial charge is 0.471 e. The van der Waals surface area contributed by atoms with E-state index in [1.165, 1.54) is 14.2 Å². The number of carbonyl (C=O) groups excluding carboxylic acids is 1. The van der Waals surface area contributed by atoms with Crippen molar-refractivity contribution >= 4 is 12.0 Å². The summed E-state index contributed by atoms with van der Waals surface area (Å²) in [6.07, 6.45) is -8.94. The molecule has 1 unspecified atom stereocenters. The maximum atomic E-state index is 13.0. The monoisotopic (exact) mass is 683 g/mol. The number of hydrogen-bond donors (Lipinski definition) is 4. The summed E-state index contributed by atoms with van der Waals surface area (Å²) < 4.78 is 63.7. The highest BCUT2D eigenvalue weighted by Gasteiger charge is 2.52. The Bertz CT molecular complexity index is 1900. The van der Waals surface area contributed by atoms with Gasteiger partial charge in [-0.05, 0) is 41.0 Å². The largest absolute Gasteiger partial charge is 0.497 e. The van der Waals surface area contributed by atoms with Gasteiger partial charge in [-0.15, -0.1) is 0 Å². The van der Waals surface area contributed by atoms with Crippen molar-refractivity contribution in [3.05, 3.63) is 134 Å². The van der Waals surface area contributed by atoms with Gasteiger partial charge in [0.25, 0.3) is 5.56 Å². The molecule has 0 saturated carbocycles. The van der Waals surface area contributed by atoms with Crippen molar-refractivity contribution in [3.8, 4) is 11.5 Å². The Labute approximate surface area is 279 Å². The number of aromatic nitrogens is 2. The van der Waals surface area contributed by atoms with E-state index in [4.69, 9.17) is 15.6 Å². The van der Waals surface area contributed by atoms with Crippen LogP contribution in [0.15, 0.2) is 101 Å². The highest BCUT2D eigenvalue weighted by atomic mass is 19.4. The van der Waals surface area contributed by atoms with Crippen LogP contribution >= 0.6 is 0 Å². The number of alkyl halides is 3. The van der Waals surface area contributed by atoms with Crippen LogP contribution in [0.5, 0.6) is 11.5 Å². The third-order valence-electron chi connectivity index (χ3n) is 8.37. The number of ether oxygens (including phenoxy) is 3. The Morgan fingerprint density at radius 1 is 1.02 bits per heavy atom. The van der Waals surface area contributed by atoms with Gasteiger partial charge in [0.05, 0.1) is 32.7 Å². The van der Waals surface area contributed by atoms with Gasteiger partial charge in [0, 0.05) is 19.2 Å². The fraction of sp³-hybridized carbons (Fsp3) is 0.286. The predicted molar refractivity (Wildman–Crippen MR) is 172 cm³/mol. The second-order valence-corrected chi connectivity index (χ2v) is 11.2. The molecule has 4 aromatic rings. The van der Waals surface area contributed by atoms with Crippen molar-refractivity contribution in [2.45, 2.75) is 42.6 Å². The molecule has 1 aliphatic rings. The van der Waals surface area contributed by atoms with E-state index in [1.54, 1.807) is 66.0 Å². The number of halogens is 3. The Morgan fingerprint density at radius 2 is 1.57 bits per heavy atom. The lowest BCUT2D eigenvalue weighted by atomic mass is 9.64. The molecule has 14 heteroatoms. The molecule has 2 heterocycles. The fourth-order valence-electron chi connectivity index (χ4n) is 6.01. The molecule has 1 fully saturated rings. The first-order chi connectivity index (χ1) is 23.8. The van der Waals surface area contributed by atoms with E-state index in [0.29, 0.717) is 28.2 Å². The molecule has 1 aromatic heterocycles. The van der Waals surface area contributed by atoms with Crippen LogP contribution in [0, 0.1) is 0 Å². The molecule has 0 aliphatic carbocycles. The lowest BCUT2D eigenvalue weighted by Crippen LogP contribution is -2.51. The van der Waals surface area contributed by atoms with Gasteiger partial charge in [0.2, 0.25) is 0 Å². The third kappa shape index (κ3) is 7.16. The first-order valence-corrected chi connectivity index (χ1v) is 15.0. The van der Waals surface area contributed by atoms with Gasteiger partial charge in [-0.2, -0.15) is 13.2 Å². The number of carbonyl (C=O) groups is 1. The fourth-order valence-corrected chi connectivity index (χ4v) is 6.01. The van der Waals surface area contributed by atoms with Crippen molar-refractivity contribution in [2.24, 2.45) is 0 Å². The van der Waals surface area contributed by atoms with Gasteiger partial charge in [0.15, 0.2) is 0 Å². The van der Waals surface area contributed by atoms with E-state index in [1.807, 2.05) is 18.2 Å². The van der Waals surface area contributed by atoms with Gasteiger partial charge in [0.1, 0.15) is 29.9 Å². The Balaban J connectivity index is 1.55. The summed E-state index contributed by atoms with van der Waals surface area (Å²) in [5.41, 5.74) is -1.87. The van der Waals surface area contributed by atoms with E-state index in [2.05, 4.69) is 4.98 Å². The van der Waals surface area contributed by atoms with Crippen molar-refractivity contribution in [2.75, 3.05) is 20.8 Å². The molecule has 4 N–H and O–H groups in total. The zero-order valence-electron chi connectivity index (χ0n) is 27.3. The second-order valence-electron chi connectivity index (χ2n) is 11.2. The summed E-state index contributed by atoms with van der Waals surface area (Å²) in [6, 6.07) is 22.6. The number of nitrogens with zero attached hydrogens (tertiary/aromatic N) is 1. The molecule has 0 radical (unpaired) electrons. The lowest BCUT2D eigenvalue weighted by molar-refractivity contribution is -0.173. The standard InChI is InChI=1S/C35H34F3N3O8/c1-47-25-14-10-23(11-15-25)34(22-8-4-3-5-9-22,24-12-16-26(48-2)17-13-24)30(43)29-27(42)19-28(49-29)41-20-21(31(44)40-33(41)46)7-6-18-39-32(45)35(36,37)38/h3-17,20,27-30,42-43H,18-19H2,1-2H3,(H,39,45)(H,40,44,46)/t27-,28+,29-,30?/m0/s1/i7T. The van der Waals surface area contributed by atoms with E-state index in [0.717, 1.165) is 16.8 Å². The molecule has 1 aliphatic heterocycles. The summed E-state index contributed by atoms with van der Waals surface area (Å²) >= 11 is 0. The quantitative estimate of drug-likeness (QED) is 0.176. The van der Waals surface area contributed by atoms with Crippen molar-refractivity contribution in [3.63, 3.8) is 0 Å². The molecule has 0 bridgehead atoms. The molecule has 1 amide bonds. The number of hydrogen-bond acceptors (Lipinski definition) is 8. The average Bonchev–Trinajstić information content (AvgIpc) is 3.49. The van der Waals surface area contributed by atoms with Gasteiger partial charge in [-0.3, -0.25) is 19.1 Å². The number of benzene rings is 3. The van der Waals surface area contributed by atoms with Crippen LogP contribution in [0.1, 0.15) is 36.3 Å². The highest BCUT2D eigenvalue weighted by molar-refractivity contribution is 5.81. The number of aliphatic hydroxyl groups excluding tert-OH is 2. The number of nitrogens with one attached hydrogen (secondary N) is 2. The zero-order valence-corrected chi connectivity index (χ0v) is 26.3. The van der Waals surface area contributed by atoms with Gasteiger partial charge in [-0.25, -0.2) is 4.79 Å². The molecular formula is C35H34F3N3O8. The van der Waals surface area contributed by atoms with Crippen molar-refractivity contribution in [1.29, 1.82) is 0 Å². The normalized spacial score (nSPS) is 19.2. The minimum absolute atomic E-state index is 0.220. The number of aromatic amines is 1. The summed E-state index contributed by atoms with van der Waals surface area (Å²) in [5.74, 6) is -1.10. The molecule has 11 nitrogen and oxygen atoms in total. The minimum atomic E-state index is -5.14. The van der Waals surface area contributed by atoms with Crippen LogP contribution in [0.25, 0.3) is 6.05 Å². The van der Waals surface area contributed by atoms with E-state index >= 15 is 0 Å². The zero-order chi connectivity index (χ0) is 36.2. The van der Waals surface area contributed by atoms with E-state index in [-0.39, 0.29) is 6.42 Å². The first kappa shape index (κ1) is 33.7. The summed E-state index contributed by atoms with van der Waals surface area (Å²) in [4.78, 5) is 38.7. The molecule has 5 rings (SSSR count).